The third kappa shape index (κ3) is 3.04. The summed E-state index contributed by atoms with van der Waals surface area (Å²) in [5, 5.41) is 0. The van der Waals surface area contributed by atoms with Gasteiger partial charge in [-0.1, -0.05) is 39.9 Å². The molecule has 1 aromatic carbocycles. The van der Waals surface area contributed by atoms with Crippen LogP contribution in [0, 0.1) is 0 Å². The molecule has 1 aliphatic rings. The second kappa shape index (κ2) is 5.95. The number of hydrogen-bond donors (Lipinski definition) is 0. The second-order valence-corrected chi connectivity index (χ2v) is 7.20. The monoisotopic (exact) mass is 421 g/mol. The summed E-state index contributed by atoms with van der Waals surface area (Å²) in [4.78, 5) is 14.0. The van der Waals surface area contributed by atoms with Gasteiger partial charge in [0.15, 0.2) is 0 Å². The molecule has 2 rings (SSSR count). The van der Waals surface area contributed by atoms with Crippen molar-refractivity contribution in [2.24, 2.45) is 0 Å². The third-order valence-electron chi connectivity index (χ3n) is 2.51. The number of benzene rings is 1. The fourth-order valence-electron chi connectivity index (χ4n) is 1.59. The third-order valence-corrected chi connectivity index (χ3v) is 5.05. The molecule has 19 heavy (non-hydrogen) atoms. The molecule has 1 amide bonds. The molecule has 100 valence electrons. The smallest absolute Gasteiger partial charge is 0.265 e. The first-order valence-electron chi connectivity index (χ1n) is 5.18. The Bertz CT molecular complexity index is 602. The number of methoxy groups -OCH3 is 1. The van der Waals surface area contributed by atoms with Crippen LogP contribution in [0.5, 0.6) is 5.75 Å². The summed E-state index contributed by atoms with van der Waals surface area (Å²) < 4.78 is 7.63. The SMILES string of the molecule is COc1c(Br)cc(Br)cc1/C=C1\SC(=S)N(C)C1=O. The van der Waals surface area contributed by atoms with E-state index in [0.717, 1.165) is 14.5 Å². The molecule has 1 aromatic rings. The molecular weight excluding hydrogens is 414 g/mol. The van der Waals surface area contributed by atoms with Crippen molar-refractivity contribution in [1.82, 2.24) is 4.90 Å². The minimum atomic E-state index is -0.0897. The minimum absolute atomic E-state index is 0.0897. The van der Waals surface area contributed by atoms with E-state index in [2.05, 4.69) is 31.9 Å². The van der Waals surface area contributed by atoms with Gasteiger partial charge in [-0.15, -0.1) is 0 Å². The Hall–Kier alpha value is -0.370. The van der Waals surface area contributed by atoms with E-state index < -0.39 is 0 Å². The lowest BCUT2D eigenvalue weighted by atomic mass is 10.2. The predicted molar refractivity (Wildman–Crippen MR) is 89.3 cm³/mol. The van der Waals surface area contributed by atoms with Crippen molar-refractivity contribution in [3.8, 4) is 5.75 Å². The van der Waals surface area contributed by atoms with Gasteiger partial charge in [0.05, 0.1) is 16.5 Å². The minimum Gasteiger partial charge on any atom is -0.495 e. The van der Waals surface area contributed by atoms with Crippen LogP contribution in [-0.2, 0) is 4.79 Å². The molecule has 0 unspecified atom stereocenters. The number of hydrogen-bond acceptors (Lipinski definition) is 4. The van der Waals surface area contributed by atoms with Crippen molar-refractivity contribution in [3.05, 3.63) is 31.5 Å². The molecule has 1 heterocycles. The van der Waals surface area contributed by atoms with Gasteiger partial charge in [-0.2, -0.15) is 0 Å². The average molecular weight is 423 g/mol. The molecule has 0 saturated carbocycles. The first kappa shape index (κ1) is 15.0. The summed E-state index contributed by atoms with van der Waals surface area (Å²) in [6.07, 6.45) is 1.79. The molecule has 7 heteroatoms. The van der Waals surface area contributed by atoms with Crippen molar-refractivity contribution in [2.45, 2.75) is 0 Å². The Balaban J connectivity index is 2.49. The van der Waals surface area contributed by atoms with Gasteiger partial charge in [0.25, 0.3) is 5.91 Å². The molecule has 0 aromatic heterocycles. The predicted octanol–water partition coefficient (Wildman–Crippen LogP) is 4.05. The van der Waals surface area contributed by atoms with Crippen LogP contribution in [-0.4, -0.2) is 29.3 Å². The van der Waals surface area contributed by atoms with Crippen LogP contribution in [0.2, 0.25) is 0 Å². The number of thioether (sulfide) groups is 1. The summed E-state index contributed by atoms with van der Waals surface area (Å²) >= 11 is 13.2. The number of ether oxygens (including phenoxy) is 1. The molecule has 0 radical (unpaired) electrons. The number of carbonyl (C=O) groups excluding carboxylic acids is 1. The van der Waals surface area contributed by atoms with Crippen LogP contribution in [0.4, 0.5) is 0 Å². The lowest BCUT2D eigenvalue weighted by molar-refractivity contribution is -0.121. The Morgan fingerprint density at radius 1 is 1.42 bits per heavy atom. The van der Waals surface area contributed by atoms with Gasteiger partial charge in [-0.25, -0.2) is 0 Å². The van der Waals surface area contributed by atoms with Crippen molar-refractivity contribution in [3.63, 3.8) is 0 Å². The van der Waals surface area contributed by atoms with Gasteiger partial charge in [-0.3, -0.25) is 9.69 Å². The number of nitrogens with zero attached hydrogens (tertiary/aromatic N) is 1. The van der Waals surface area contributed by atoms with E-state index in [0.29, 0.717) is 15.0 Å². The Morgan fingerprint density at radius 2 is 2.11 bits per heavy atom. The molecular formula is C12H9Br2NO2S2. The molecule has 0 N–H and O–H groups in total. The molecule has 3 nitrogen and oxygen atoms in total. The van der Waals surface area contributed by atoms with E-state index in [-0.39, 0.29) is 5.91 Å². The largest absolute Gasteiger partial charge is 0.495 e. The first-order valence-corrected chi connectivity index (χ1v) is 7.99. The fourth-order valence-corrected chi connectivity index (χ4v) is 4.18. The van der Waals surface area contributed by atoms with Crippen LogP contribution in [0.3, 0.4) is 0 Å². The number of likely N-dealkylation sites (N-methyl/N-ethyl adjacent to an activating group) is 1. The standard InChI is InChI=1S/C12H9Br2NO2S2/c1-15-11(16)9(19-12(15)18)4-6-3-7(13)5-8(14)10(6)17-2/h3-5H,1-2H3/b9-4-. The number of thiocarbonyl (C=S) groups is 1. The molecule has 1 saturated heterocycles. The zero-order valence-corrected chi connectivity index (χ0v) is 14.9. The highest BCUT2D eigenvalue weighted by Gasteiger charge is 2.29. The summed E-state index contributed by atoms with van der Waals surface area (Å²) in [5.41, 5.74) is 0.817. The lowest BCUT2D eigenvalue weighted by Gasteiger charge is -2.09. The molecule has 0 aliphatic carbocycles. The van der Waals surface area contributed by atoms with Crippen LogP contribution in [0.15, 0.2) is 26.0 Å². The van der Waals surface area contributed by atoms with Crippen molar-refractivity contribution >= 4 is 72.1 Å². The number of carbonyl (C=O) groups is 1. The van der Waals surface area contributed by atoms with Crippen LogP contribution < -0.4 is 4.74 Å². The zero-order chi connectivity index (χ0) is 14.2. The number of amides is 1. The van der Waals surface area contributed by atoms with Crippen molar-refractivity contribution in [1.29, 1.82) is 0 Å². The Kier molecular flexibility index (Phi) is 4.70. The van der Waals surface area contributed by atoms with Crippen LogP contribution in [0.25, 0.3) is 6.08 Å². The molecule has 0 spiro atoms. The highest BCUT2D eigenvalue weighted by atomic mass is 79.9. The van der Waals surface area contributed by atoms with E-state index in [9.17, 15) is 4.79 Å². The molecule has 1 aliphatic heterocycles. The van der Waals surface area contributed by atoms with E-state index in [1.807, 2.05) is 12.1 Å². The first-order chi connectivity index (χ1) is 8.93. The maximum absolute atomic E-state index is 12.0. The molecule has 0 atom stereocenters. The highest BCUT2D eigenvalue weighted by molar-refractivity contribution is 9.11. The highest BCUT2D eigenvalue weighted by Crippen LogP contribution is 2.37. The van der Waals surface area contributed by atoms with Gasteiger partial charge in [0.2, 0.25) is 0 Å². The summed E-state index contributed by atoms with van der Waals surface area (Å²) in [5.74, 6) is 0.595. The normalized spacial score (nSPS) is 17.5. The van der Waals surface area contributed by atoms with Crippen molar-refractivity contribution in [2.75, 3.05) is 14.2 Å². The van der Waals surface area contributed by atoms with Crippen molar-refractivity contribution < 1.29 is 9.53 Å². The quantitative estimate of drug-likeness (QED) is 0.531. The Morgan fingerprint density at radius 3 is 2.63 bits per heavy atom. The van der Waals surface area contributed by atoms with Gasteiger partial charge in [0, 0.05) is 17.1 Å². The lowest BCUT2D eigenvalue weighted by Crippen LogP contribution is -2.22. The van der Waals surface area contributed by atoms with Gasteiger partial charge < -0.3 is 4.74 Å². The number of halogens is 2. The summed E-state index contributed by atoms with van der Waals surface area (Å²) in [6.45, 7) is 0. The van der Waals surface area contributed by atoms with Crippen LogP contribution in [0.1, 0.15) is 5.56 Å². The van der Waals surface area contributed by atoms with E-state index in [1.165, 1.54) is 16.7 Å². The maximum Gasteiger partial charge on any atom is 0.265 e. The zero-order valence-electron chi connectivity index (χ0n) is 10.1. The van der Waals surface area contributed by atoms with Crippen LogP contribution >= 0.6 is 55.8 Å². The van der Waals surface area contributed by atoms with Gasteiger partial charge in [0.1, 0.15) is 10.1 Å². The topological polar surface area (TPSA) is 29.5 Å². The average Bonchev–Trinajstić information content (AvgIpc) is 2.57. The number of rotatable bonds is 2. The van der Waals surface area contributed by atoms with E-state index in [4.69, 9.17) is 17.0 Å². The van der Waals surface area contributed by atoms with E-state index >= 15 is 0 Å². The molecule has 1 fully saturated rings. The van der Waals surface area contributed by atoms with Gasteiger partial charge >= 0.3 is 0 Å². The fraction of sp³-hybridized carbons (Fsp3) is 0.167. The van der Waals surface area contributed by atoms with E-state index in [1.54, 1.807) is 20.2 Å². The summed E-state index contributed by atoms with van der Waals surface area (Å²) in [6, 6.07) is 3.78. The second-order valence-electron chi connectivity index (χ2n) is 3.75. The maximum atomic E-state index is 12.0. The molecule has 0 bridgehead atoms. The Labute approximate surface area is 137 Å². The summed E-state index contributed by atoms with van der Waals surface area (Å²) in [7, 11) is 3.27. The van der Waals surface area contributed by atoms with Gasteiger partial charge in [-0.05, 0) is 34.1 Å².